The van der Waals surface area contributed by atoms with Gasteiger partial charge in [-0.15, -0.1) is 0 Å². The summed E-state index contributed by atoms with van der Waals surface area (Å²) in [6.07, 6.45) is 0.576. The molecule has 0 aliphatic carbocycles. The molecule has 332 valence electrons. The fraction of sp³-hybridized carbons (Fsp3) is 0.295. The Kier molecular flexibility index (Phi) is 12.0. The molecule has 65 heavy (non-hydrogen) atoms. The summed E-state index contributed by atoms with van der Waals surface area (Å²) in [5.74, 6) is 0.162. The highest BCUT2D eigenvalue weighted by Gasteiger charge is 2.30. The van der Waals surface area contributed by atoms with Crippen molar-refractivity contribution in [2.75, 3.05) is 21.2 Å². The fourth-order valence-corrected chi connectivity index (χ4v) is 9.32. The molecule has 1 heterocycles. The smallest absolute Gasteiger partial charge is 0.228 e. The zero-order chi connectivity index (χ0) is 46.5. The Bertz CT molecular complexity index is 2530. The van der Waals surface area contributed by atoms with E-state index in [0.717, 1.165) is 45.9 Å². The van der Waals surface area contributed by atoms with Crippen molar-refractivity contribution in [2.24, 2.45) is 0 Å². The summed E-state index contributed by atoms with van der Waals surface area (Å²) in [5, 5.41) is 0. The molecule has 1 aliphatic rings. The zero-order valence-electron chi connectivity index (χ0n) is 40.8. The van der Waals surface area contributed by atoms with Crippen molar-refractivity contribution in [3.05, 3.63) is 186 Å². The Labute approximate surface area is 389 Å². The molecule has 1 fully saturated rings. The van der Waals surface area contributed by atoms with Crippen LogP contribution in [0.4, 0.5) is 39.8 Å². The second-order valence-corrected chi connectivity index (χ2v) is 21.9. The summed E-state index contributed by atoms with van der Waals surface area (Å²) in [6, 6.07) is 59.9. The third-order valence-electron chi connectivity index (χ3n) is 12.8. The molecule has 7 aromatic rings. The molecule has 0 aromatic heterocycles. The topological polar surface area (TPSA) is 26.8 Å². The molecular weight excluding hydrogens is 791 g/mol. The van der Waals surface area contributed by atoms with Crippen LogP contribution in [-0.2, 0) is 26.5 Å². The van der Waals surface area contributed by atoms with E-state index < -0.39 is 0 Å². The van der Waals surface area contributed by atoms with E-state index in [0.29, 0.717) is 6.42 Å². The van der Waals surface area contributed by atoms with Gasteiger partial charge >= 0.3 is 0 Å². The molecule has 1 aliphatic heterocycles. The molecule has 0 N–H and O–H groups in total. The predicted octanol–water partition coefficient (Wildman–Crippen LogP) is 16.9. The summed E-state index contributed by atoms with van der Waals surface area (Å²) < 4.78 is 0. The highest BCUT2D eigenvalue weighted by Crippen LogP contribution is 2.47. The number of benzene rings is 7. The van der Waals surface area contributed by atoms with E-state index in [-0.39, 0.29) is 27.6 Å². The number of anilines is 7. The maximum absolute atomic E-state index is 13.0. The maximum atomic E-state index is 13.0. The van der Waals surface area contributed by atoms with Crippen LogP contribution in [0.3, 0.4) is 0 Å². The van der Waals surface area contributed by atoms with Crippen molar-refractivity contribution in [3.63, 3.8) is 0 Å². The van der Waals surface area contributed by atoms with Gasteiger partial charge in [-0.1, -0.05) is 180 Å². The second-order valence-electron chi connectivity index (χ2n) is 21.9. The summed E-state index contributed by atoms with van der Waals surface area (Å²) >= 11 is 0. The largest absolute Gasteiger partial charge is 0.312 e. The van der Waals surface area contributed by atoms with Crippen LogP contribution in [-0.4, -0.2) is 12.5 Å². The zero-order valence-corrected chi connectivity index (χ0v) is 40.8. The molecule has 1 saturated heterocycles. The number of para-hydroxylation sites is 4. The van der Waals surface area contributed by atoms with Gasteiger partial charge in [0.25, 0.3) is 0 Å². The molecule has 0 unspecified atom stereocenters. The van der Waals surface area contributed by atoms with Crippen LogP contribution in [0.25, 0.3) is 22.3 Å². The van der Waals surface area contributed by atoms with Gasteiger partial charge in [0, 0.05) is 52.8 Å². The van der Waals surface area contributed by atoms with Gasteiger partial charge < -0.3 is 14.7 Å². The monoisotopic (exact) mass is 858 g/mol. The van der Waals surface area contributed by atoms with Crippen molar-refractivity contribution in [3.8, 4) is 22.3 Å². The Morgan fingerprint density at radius 2 is 0.662 bits per heavy atom. The summed E-state index contributed by atoms with van der Waals surface area (Å²) in [4.78, 5) is 19.8. The van der Waals surface area contributed by atoms with Gasteiger partial charge in [0.1, 0.15) is 0 Å². The minimum atomic E-state index is -0.0685. The first-order valence-electron chi connectivity index (χ1n) is 23.3. The lowest BCUT2D eigenvalue weighted by Crippen LogP contribution is -2.43. The normalized spacial score (nSPS) is 13.4. The average molecular weight is 858 g/mol. The summed E-state index contributed by atoms with van der Waals surface area (Å²) in [7, 11) is 0. The van der Waals surface area contributed by atoms with Crippen LogP contribution in [0.1, 0.15) is 112 Å². The van der Waals surface area contributed by atoms with Crippen molar-refractivity contribution in [2.45, 2.75) is 111 Å². The van der Waals surface area contributed by atoms with Gasteiger partial charge in [0.05, 0.1) is 0 Å². The number of amides is 1. The number of hydrogen-bond donors (Lipinski definition) is 0. The lowest BCUT2D eigenvalue weighted by molar-refractivity contribution is -0.122. The van der Waals surface area contributed by atoms with Crippen LogP contribution in [0.5, 0.6) is 0 Å². The molecule has 0 bridgehead atoms. The quantitative estimate of drug-likeness (QED) is 0.135. The Hall–Kier alpha value is -6.39. The van der Waals surface area contributed by atoms with Crippen LogP contribution < -0.4 is 14.7 Å². The minimum absolute atomic E-state index is 0.0685. The highest BCUT2D eigenvalue weighted by atomic mass is 16.2. The third-order valence-corrected chi connectivity index (χ3v) is 12.8. The Morgan fingerprint density at radius 1 is 0.369 bits per heavy atom. The number of nitrogens with zero attached hydrogens (tertiary/aromatic N) is 3. The van der Waals surface area contributed by atoms with Crippen molar-refractivity contribution in [1.82, 2.24) is 0 Å². The van der Waals surface area contributed by atoms with E-state index in [1.54, 1.807) is 0 Å². The second kappa shape index (κ2) is 17.2. The van der Waals surface area contributed by atoms with E-state index in [4.69, 9.17) is 0 Å². The van der Waals surface area contributed by atoms with Gasteiger partial charge in [0.2, 0.25) is 5.91 Å². The van der Waals surface area contributed by atoms with Gasteiger partial charge in [-0.2, -0.15) is 0 Å². The molecule has 4 heteroatoms. The van der Waals surface area contributed by atoms with E-state index in [2.05, 4.69) is 257 Å². The summed E-state index contributed by atoms with van der Waals surface area (Å²) in [5.41, 5.74) is 17.0. The molecule has 0 spiro atoms. The molecule has 0 radical (unpaired) electrons. The number of carbonyl (C=O) groups excluding carboxylic acids is 1. The van der Waals surface area contributed by atoms with Crippen LogP contribution >= 0.6 is 0 Å². The molecule has 1 amide bonds. The van der Waals surface area contributed by atoms with Crippen LogP contribution in [0.15, 0.2) is 164 Å². The van der Waals surface area contributed by atoms with E-state index in [1.807, 2.05) is 4.90 Å². The maximum Gasteiger partial charge on any atom is 0.228 e. The van der Waals surface area contributed by atoms with Gasteiger partial charge in [0.15, 0.2) is 0 Å². The number of hydrogen-bond acceptors (Lipinski definition) is 3. The molecule has 4 nitrogen and oxygen atoms in total. The number of carbonyl (C=O) groups is 1. The molecule has 7 aromatic carbocycles. The third kappa shape index (κ3) is 9.27. The standard InChI is InChI=1S/C61H67N3O/c1-58(2,3)49-21-13-17-25-53(49)63(54-26-18-14-22-50(54)59(4,5)6)46-33-29-42(30-34-46)44-39-45(41-48(40-44)62-38-37-57(62)65)43-31-35-47(36-32-43)64(55-27-19-15-23-51(55)60(7,8)9)56-28-20-16-24-52(56)61(10,11)12/h13-36,39-41H,37-38H2,1-12H3. The van der Waals surface area contributed by atoms with Gasteiger partial charge in [-0.25, -0.2) is 0 Å². The molecule has 0 atom stereocenters. The van der Waals surface area contributed by atoms with Crippen molar-refractivity contribution < 1.29 is 4.79 Å². The van der Waals surface area contributed by atoms with Crippen LogP contribution in [0.2, 0.25) is 0 Å². The van der Waals surface area contributed by atoms with Gasteiger partial charge in [-0.3, -0.25) is 4.79 Å². The van der Waals surface area contributed by atoms with E-state index in [9.17, 15) is 4.79 Å². The average Bonchev–Trinajstić information content (AvgIpc) is 3.26. The fourth-order valence-electron chi connectivity index (χ4n) is 9.32. The number of β-lactam (4-membered cyclic amide) rings is 1. The molecule has 8 rings (SSSR count). The SMILES string of the molecule is CC(C)(C)c1ccccc1N(c1ccc(-c2cc(-c3ccc(N(c4ccccc4C(C)(C)C)c4ccccc4C(C)(C)C)cc3)cc(N3CCC3=O)c2)cc1)c1ccccc1C(C)(C)C. The van der Waals surface area contributed by atoms with Gasteiger partial charge in [-0.05, 0) is 133 Å². The first kappa shape index (κ1) is 45.2. The van der Waals surface area contributed by atoms with Crippen molar-refractivity contribution >= 4 is 45.7 Å². The lowest BCUT2D eigenvalue weighted by atomic mass is 9.83. The number of rotatable bonds is 9. The minimum Gasteiger partial charge on any atom is -0.312 e. The van der Waals surface area contributed by atoms with Crippen molar-refractivity contribution in [1.29, 1.82) is 0 Å². The molecule has 0 saturated carbocycles. The lowest BCUT2D eigenvalue weighted by Gasteiger charge is -2.35. The highest BCUT2D eigenvalue weighted by molar-refractivity contribution is 6.01. The predicted molar refractivity (Wildman–Crippen MR) is 278 cm³/mol. The molecular formula is C61H67N3O. The Morgan fingerprint density at radius 3 is 0.908 bits per heavy atom. The summed E-state index contributed by atoms with van der Waals surface area (Å²) in [6.45, 7) is 28.2. The van der Waals surface area contributed by atoms with E-state index in [1.165, 1.54) is 45.0 Å². The first-order valence-corrected chi connectivity index (χ1v) is 23.3. The van der Waals surface area contributed by atoms with E-state index >= 15 is 0 Å². The Balaban J connectivity index is 1.23. The first-order chi connectivity index (χ1) is 30.7. The van der Waals surface area contributed by atoms with Crippen LogP contribution in [0, 0.1) is 0 Å².